The fourth-order valence-electron chi connectivity index (χ4n) is 2.97. The maximum atomic E-state index is 12.1. The number of hydrogen-bond donors (Lipinski definition) is 1. The van der Waals surface area contributed by atoms with E-state index in [-0.39, 0.29) is 17.7 Å². The first-order chi connectivity index (χ1) is 8.66. The molecule has 6 heteroatoms. The van der Waals surface area contributed by atoms with Crippen LogP contribution in [-0.2, 0) is 9.59 Å². The molecule has 1 aromatic rings. The lowest BCUT2D eigenvalue weighted by Gasteiger charge is -2.27. The second kappa shape index (κ2) is 4.20. The van der Waals surface area contributed by atoms with Crippen LogP contribution in [0, 0.1) is 23.7 Å². The first-order valence-corrected chi connectivity index (χ1v) is 6.64. The van der Waals surface area contributed by atoms with Gasteiger partial charge in [0.15, 0.2) is 5.13 Å². The number of carbonyl (C=O) groups is 2. The Morgan fingerprint density at radius 1 is 1.33 bits per heavy atom. The summed E-state index contributed by atoms with van der Waals surface area (Å²) in [6.07, 6.45) is 6.15. The summed E-state index contributed by atoms with van der Waals surface area (Å²) in [6.45, 7) is 0. The Balaban J connectivity index is 1.80. The number of rotatable bonds is 3. The van der Waals surface area contributed by atoms with Gasteiger partial charge >= 0.3 is 0 Å². The van der Waals surface area contributed by atoms with E-state index < -0.39 is 17.8 Å². The molecule has 5 nitrogen and oxygen atoms in total. The number of hydrogen-bond acceptors (Lipinski definition) is 5. The predicted octanol–water partition coefficient (Wildman–Crippen LogP) is 0.270. The molecule has 1 N–H and O–H groups in total. The zero-order valence-electron chi connectivity index (χ0n) is 9.41. The predicted molar refractivity (Wildman–Crippen MR) is 63.5 cm³/mol. The highest BCUT2D eigenvalue weighted by molar-refractivity contribution is 7.13. The van der Waals surface area contributed by atoms with Gasteiger partial charge in [0, 0.05) is 23.5 Å². The average Bonchev–Trinajstić information content (AvgIpc) is 3.03. The molecule has 94 valence electrons. The van der Waals surface area contributed by atoms with Crippen molar-refractivity contribution >= 4 is 28.3 Å². The lowest BCUT2D eigenvalue weighted by molar-refractivity contribution is -0.313. The highest BCUT2D eigenvalue weighted by Gasteiger charge is 2.48. The van der Waals surface area contributed by atoms with Crippen molar-refractivity contribution in [2.75, 3.05) is 5.32 Å². The zero-order chi connectivity index (χ0) is 12.7. The summed E-state index contributed by atoms with van der Waals surface area (Å²) in [6, 6.07) is 0. The Labute approximate surface area is 108 Å². The molecular weight excluding hydrogens is 252 g/mol. The lowest BCUT2D eigenvalue weighted by Crippen LogP contribution is -2.42. The molecule has 1 amide bonds. The number of aliphatic carboxylic acids is 1. The molecule has 0 unspecified atom stereocenters. The highest BCUT2D eigenvalue weighted by Crippen LogP contribution is 2.48. The van der Waals surface area contributed by atoms with E-state index >= 15 is 0 Å². The Hall–Kier alpha value is -1.69. The fourth-order valence-corrected chi connectivity index (χ4v) is 3.51. The number of aromatic nitrogens is 1. The normalized spacial score (nSPS) is 32.7. The molecule has 2 bridgehead atoms. The number of carbonyl (C=O) groups excluding carboxylic acids is 2. The van der Waals surface area contributed by atoms with Crippen molar-refractivity contribution in [3.8, 4) is 0 Å². The summed E-state index contributed by atoms with van der Waals surface area (Å²) in [5.74, 6) is -2.69. The standard InChI is InChI=1S/C12H12N2O3S/c15-10(14-12-13-3-4-18-12)8-6-1-2-7(5-6)9(8)11(16)17/h1-4,6-9H,5H2,(H,16,17)(H,13,14,15)/p-1/t6-,7-,8-,9-/m0/s1. The average molecular weight is 263 g/mol. The van der Waals surface area contributed by atoms with E-state index in [1.165, 1.54) is 11.3 Å². The van der Waals surface area contributed by atoms with E-state index in [0.29, 0.717) is 5.13 Å². The number of carboxylic acid groups (broad SMARTS) is 1. The number of thiazole rings is 1. The molecule has 4 atom stereocenters. The van der Waals surface area contributed by atoms with Crippen LogP contribution in [0.1, 0.15) is 6.42 Å². The van der Waals surface area contributed by atoms with E-state index in [2.05, 4.69) is 10.3 Å². The third kappa shape index (κ3) is 1.73. The van der Waals surface area contributed by atoms with Gasteiger partial charge in [0.05, 0.1) is 5.92 Å². The summed E-state index contributed by atoms with van der Waals surface area (Å²) in [4.78, 5) is 27.3. The number of allylic oxidation sites excluding steroid dienone is 2. The number of nitrogens with one attached hydrogen (secondary N) is 1. The van der Waals surface area contributed by atoms with Crippen LogP contribution in [0.4, 0.5) is 5.13 Å². The van der Waals surface area contributed by atoms with Crippen molar-refractivity contribution in [1.82, 2.24) is 4.98 Å². The van der Waals surface area contributed by atoms with Gasteiger partial charge in [-0.15, -0.1) is 11.3 Å². The molecule has 0 aromatic carbocycles. The maximum absolute atomic E-state index is 12.1. The fraction of sp³-hybridized carbons (Fsp3) is 0.417. The van der Waals surface area contributed by atoms with Crippen molar-refractivity contribution in [2.24, 2.45) is 23.7 Å². The Kier molecular flexibility index (Phi) is 2.66. The van der Waals surface area contributed by atoms with E-state index in [4.69, 9.17) is 0 Å². The number of carboxylic acids is 1. The zero-order valence-corrected chi connectivity index (χ0v) is 10.2. The molecule has 0 radical (unpaired) electrons. The topological polar surface area (TPSA) is 82.1 Å². The van der Waals surface area contributed by atoms with Gasteiger partial charge in [0.2, 0.25) is 5.91 Å². The van der Waals surface area contributed by atoms with Crippen LogP contribution < -0.4 is 10.4 Å². The largest absolute Gasteiger partial charge is 0.550 e. The van der Waals surface area contributed by atoms with Crippen LogP contribution >= 0.6 is 11.3 Å². The molecule has 3 rings (SSSR count). The molecule has 1 aromatic heterocycles. The first-order valence-electron chi connectivity index (χ1n) is 5.76. The number of nitrogens with zero attached hydrogens (tertiary/aromatic N) is 1. The van der Waals surface area contributed by atoms with Gasteiger partial charge < -0.3 is 15.2 Å². The number of fused-ring (bicyclic) bond motifs is 2. The van der Waals surface area contributed by atoms with Crippen LogP contribution in [0.2, 0.25) is 0 Å². The SMILES string of the molecule is O=C([O-])[C@@H]1[C@@H](C(=O)Nc2nccs2)[C@H]2C=C[C@H]1C2. The second-order valence-electron chi connectivity index (χ2n) is 4.65. The molecule has 2 aliphatic carbocycles. The van der Waals surface area contributed by atoms with E-state index in [1.54, 1.807) is 11.6 Å². The molecule has 0 aliphatic heterocycles. The van der Waals surface area contributed by atoms with Gasteiger partial charge in [-0.25, -0.2) is 4.98 Å². The van der Waals surface area contributed by atoms with Crippen LogP contribution in [-0.4, -0.2) is 16.9 Å². The quantitative estimate of drug-likeness (QED) is 0.794. The minimum absolute atomic E-state index is 0.0119. The van der Waals surface area contributed by atoms with Crippen molar-refractivity contribution in [3.05, 3.63) is 23.7 Å². The van der Waals surface area contributed by atoms with Crippen LogP contribution in [0.5, 0.6) is 0 Å². The molecule has 0 spiro atoms. The monoisotopic (exact) mass is 263 g/mol. The van der Waals surface area contributed by atoms with Crippen molar-refractivity contribution in [2.45, 2.75) is 6.42 Å². The molecule has 2 aliphatic rings. The van der Waals surface area contributed by atoms with Crippen LogP contribution in [0.3, 0.4) is 0 Å². The van der Waals surface area contributed by atoms with Gasteiger partial charge in [-0.3, -0.25) is 4.79 Å². The number of anilines is 1. The Morgan fingerprint density at radius 3 is 2.67 bits per heavy atom. The third-order valence-electron chi connectivity index (χ3n) is 3.70. The minimum atomic E-state index is -1.13. The summed E-state index contributed by atoms with van der Waals surface area (Å²) < 4.78 is 0. The van der Waals surface area contributed by atoms with Crippen molar-refractivity contribution < 1.29 is 14.7 Å². The highest BCUT2D eigenvalue weighted by atomic mass is 32.1. The molecule has 1 saturated carbocycles. The third-order valence-corrected chi connectivity index (χ3v) is 4.39. The van der Waals surface area contributed by atoms with Crippen LogP contribution in [0.15, 0.2) is 23.7 Å². The van der Waals surface area contributed by atoms with Gasteiger partial charge in [0.1, 0.15) is 0 Å². The van der Waals surface area contributed by atoms with Crippen LogP contribution in [0.25, 0.3) is 0 Å². The van der Waals surface area contributed by atoms with E-state index in [9.17, 15) is 14.7 Å². The Bertz CT molecular complexity index is 511. The summed E-state index contributed by atoms with van der Waals surface area (Å²) in [7, 11) is 0. The smallest absolute Gasteiger partial charge is 0.230 e. The van der Waals surface area contributed by atoms with Crippen molar-refractivity contribution in [3.63, 3.8) is 0 Å². The first kappa shape index (κ1) is 11.4. The molecule has 1 heterocycles. The number of amides is 1. The second-order valence-corrected chi connectivity index (χ2v) is 5.54. The molecular formula is C12H11N2O3S-. The van der Waals surface area contributed by atoms with Gasteiger partial charge in [-0.1, -0.05) is 12.2 Å². The van der Waals surface area contributed by atoms with Crippen molar-refractivity contribution in [1.29, 1.82) is 0 Å². The van der Waals surface area contributed by atoms with E-state index in [1.807, 2.05) is 12.2 Å². The molecule has 0 saturated heterocycles. The van der Waals surface area contributed by atoms with Gasteiger partial charge in [-0.2, -0.15) is 0 Å². The minimum Gasteiger partial charge on any atom is -0.550 e. The summed E-state index contributed by atoms with van der Waals surface area (Å²) in [5, 5.41) is 16.1. The summed E-state index contributed by atoms with van der Waals surface area (Å²) >= 11 is 1.32. The molecule has 18 heavy (non-hydrogen) atoms. The van der Waals surface area contributed by atoms with E-state index in [0.717, 1.165) is 6.42 Å². The Morgan fingerprint density at radius 2 is 2.06 bits per heavy atom. The maximum Gasteiger partial charge on any atom is 0.230 e. The van der Waals surface area contributed by atoms with Gasteiger partial charge in [-0.05, 0) is 18.3 Å². The lowest BCUT2D eigenvalue weighted by atomic mass is 9.82. The van der Waals surface area contributed by atoms with Gasteiger partial charge in [0.25, 0.3) is 0 Å². The summed E-state index contributed by atoms with van der Waals surface area (Å²) in [5.41, 5.74) is 0. The molecule has 1 fully saturated rings.